The van der Waals surface area contributed by atoms with Gasteiger partial charge < -0.3 is 10.1 Å². The summed E-state index contributed by atoms with van der Waals surface area (Å²) < 4.78 is 4.77. The lowest BCUT2D eigenvalue weighted by Crippen LogP contribution is -2.18. The van der Waals surface area contributed by atoms with Crippen LogP contribution in [0.3, 0.4) is 0 Å². The number of hydrogen-bond donors (Lipinski definition) is 1. The number of esters is 1. The number of rotatable bonds is 2. The Labute approximate surface area is 76.5 Å². The summed E-state index contributed by atoms with van der Waals surface area (Å²) in [6.45, 7) is 4.32. The Morgan fingerprint density at radius 2 is 2.67 bits per heavy atom. The number of hydrogen-bond acceptors (Lipinski definition) is 4. The van der Waals surface area contributed by atoms with Gasteiger partial charge in [0, 0.05) is 11.8 Å². The molecule has 1 aliphatic heterocycles. The first kappa shape index (κ1) is 9.45. The standard InChI is InChI=1S/C8H13NO2S/c1-3-11-8(10)4-7-9-6(2)5-12-7/h4,6,9H,3,5H2,1-2H3/b7-4-/t6-/m1/s1. The zero-order chi connectivity index (χ0) is 8.97. The minimum absolute atomic E-state index is 0.262. The summed E-state index contributed by atoms with van der Waals surface area (Å²) in [4.78, 5) is 11.0. The maximum atomic E-state index is 11.0. The van der Waals surface area contributed by atoms with E-state index in [-0.39, 0.29) is 5.97 Å². The Bertz CT molecular complexity index is 203. The lowest BCUT2D eigenvalue weighted by Gasteiger charge is -2.01. The predicted octanol–water partition coefficient (Wildman–Crippen LogP) is 1.12. The molecule has 0 unspecified atom stereocenters. The van der Waals surface area contributed by atoms with E-state index in [4.69, 9.17) is 4.74 Å². The van der Waals surface area contributed by atoms with E-state index in [2.05, 4.69) is 12.2 Å². The SMILES string of the molecule is CCOC(=O)/C=C1/N[C@H](C)CS1. The predicted molar refractivity (Wildman–Crippen MR) is 49.8 cm³/mol. The van der Waals surface area contributed by atoms with Gasteiger partial charge in [-0.05, 0) is 13.8 Å². The molecule has 0 saturated carbocycles. The van der Waals surface area contributed by atoms with Gasteiger partial charge in [0.05, 0.1) is 17.7 Å². The molecular formula is C8H13NO2S. The van der Waals surface area contributed by atoms with Crippen molar-refractivity contribution in [2.45, 2.75) is 19.9 Å². The Balaban J connectivity index is 2.41. The van der Waals surface area contributed by atoms with Crippen molar-refractivity contribution in [3.63, 3.8) is 0 Å². The maximum absolute atomic E-state index is 11.0. The molecule has 0 bridgehead atoms. The van der Waals surface area contributed by atoms with Crippen LogP contribution in [0.15, 0.2) is 11.1 Å². The molecule has 0 spiro atoms. The maximum Gasteiger partial charge on any atom is 0.333 e. The number of nitrogens with one attached hydrogen (secondary N) is 1. The fourth-order valence-electron chi connectivity index (χ4n) is 0.915. The molecule has 0 radical (unpaired) electrons. The van der Waals surface area contributed by atoms with Crippen LogP contribution in [0.25, 0.3) is 0 Å². The topological polar surface area (TPSA) is 38.3 Å². The highest BCUT2D eigenvalue weighted by Gasteiger charge is 2.14. The number of carbonyl (C=O) groups is 1. The van der Waals surface area contributed by atoms with Crippen molar-refractivity contribution in [2.75, 3.05) is 12.4 Å². The van der Waals surface area contributed by atoms with Gasteiger partial charge in [-0.15, -0.1) is 11.8 Å². The Kier molecular flexibility index (Phi) is 3.47. The van der Waals surface area contributed by atoms with Gasteiger partial charge in [-0.1, -0.05) is 0 Å². The average molecular weight is 187 g/mol. The molecule has 3 nitrogen and oxygen atoms in total. The molecule has 1 rings (SSSR count). The van der Waals surface area contributed by atoms with Gasteiger partial charge in [-0.25, -0.2) is 4.79 Å². The van der Waals surface area contributed by atoms with Crippen LogP contribution in [-0.2, 0) is 9.53 Å². The molecule has 68 valence electrons. The summed E-state index contributed by atoms with van der Waals surface area (Å²) in [5, 5.41) is 4.08. The zero-order valence-corrected chi connectivity index (χ0v) is 8.11. The second-order valence-corrected chi connectivity index (χ2v) is 3.68. The van der Waals surface area contributed by atoms with Crippen molar-refractivity contribution in [1.29, 1.82) is 0 Å². The largest absolute Gasteiger partial charge is 0.463 e. The van der Waals surface area contributed by atoms with Crippen LogP contribution in [0.5, 0.6) is 0 Å². The minimum Gasteiger partial charge on any atom is -0.463 e. The third-order valence-corrected chi connectivity index (χ3v) is 2.63. The molecule has 1 N–H and O–H groups in total. The molecule has 1 aliphatic rings. The first-order chi connectivity index (χ1) is 5.72. The van der Waals surface area contributed by atoms with E-state index in [1.807, 2.05) is 0 Å². The summed E-state index contributed by atoms with van der Waals surface area (Å²) in [5.41, 5.74) is 0. The molecule has 12 heavy (non-hydrogen) atoms. The highest BCUT2D eigenvalue weighted by molar-refractivity contribution is 8.03. The van der Waals surface area contributed by atoms with Gasteiger partial charge in [0.25, 0.3) is 0 Å². The molecule has 0 aromatic rings. The van der Waals surface area contributed by atoms with Gasteiger partial charge >= 0.3 is 5.97 Å². The lowest BCUT2D eigenvalue weighted by atomic mass is 10.4. The normalized spacial score (nSPS) is 25.5. The summed E-state index contributed by atoms with van der Waals surface area (Å²) in [6.07, 6.45) is 1.51. The number of thioether (sulfide) groups is 1. The first-order valence-corrected chi connectivity index (χ1v) is 4.98. The van der Waals surface area contributed by atoms with E-state index < -0.39 is 0 Å². The van der Waals surface area contributed by atoms with E-state index in [0.29, 0.717) is 12.6 Å². The van der Waals surface area contributed by atoms with E-state index in [1.54, 1.807) is 18.7 Å². The van der Waals surface area contributed by atoms with Crippen molar-refractivity contribution >= 4 is 17.7 Å². The summed E-state index contributed by atoms with van der Waals surface area (Å²) in [6, 6.07) is 0.454. The van der Waals surface area contributed by atoms with Crippen LogP contribution in [-0.4, -0.2) is 24.4 Å². The monoisotopic (exact) mass is 187 g/mol. The van der Waals surface area contributed by atoms with Gasteiger partial charge in [0.1, 0.15) is 0 Å². The van der Waals surface area contributed by atoms with Crippen LogP contribution >= 0.6 is 11.8 Å². The van der Waals surface area contributed by atoms with Crippen LogP contribution in [0.4, 0.5) is 0 Å². The van der Waals surface area contributed by atoms with Crippen LogP contribution in [0.2, 0.25) is 0 Å². The lowest BCUT2D eigenvalue weighted by molar-refractivity contribution is -0.137. The van der Waals surface area contributed by atoms with Gasteiger partial charge in [-0.2, -0.15) is 0 Å². The molecule has 0 aromatic carbocycles. The fourth-order valence-corrected chi connectivity index (χ4v) is 1.89. The van der Waals surface area contributed by atoms with Crippen molar-refractivity contribution in [1.82, 2.24) is 5.32 Å². The van der Waals surface area contributed by atoms with E-state index in [1.165, 1.54) is 6.08 Å². The van der Waals surface area contributed by atoms with E-state index >= 15 is 0 Å². The second-order valence-electron chi connectivity index (χ2n) is 2.62. The summed E-state index contributed by atoms with van der Waals surface area (Å²) in [5.74, 6) is 0.757. The van der Waals surface area contributed by atoms with E-state index in [9.17, 15) is 4.79 Å². The number of ether oxygens (including phenoxy) is 1. The molecule has 1 saturated heterocycles. The summed E-state index contributed by atoms with van der Waals surface area (Å²) in [7, 11) is 0. The Morgan fingerprint density at radius 1 is 1.92 bits per heavy atom. The van der Waals surface area contributed by atoms with Crippen molar-refractivity contribution in [3.8, 4) is 0 Å². The first-order valence-electron chi connectivity index (χ1n) is 4.00. The highest BCUT2D eigenvalue weighted by atomic mass is 32.2. The van der Waals surface area contributed by atoms with Gasteiger partial charge in [0.2, 0.25) is 0 Å². The third-order valence-electron chi connectivity index (χ3n) is 1.41. The van der Waals surface area contributed by atoms with E-state index in [0.717, 1.165) is 10.8 Å². The Morgan fingerprint density at radius 3 is 3.17 bits per heavy atom. The minimum atomic E-state index is -0.262. The molecule has 1 fully saturated rings. The van der Waals surface area contributed by atoms with Crippen LogP contribution < -0.4 is 5.32 Å². The zero-order valence-electron chi connectivity index (χ0n) is 7.29. The Hall–Kier alpha value is -0.640. The number of carbonyl (C=O) groups excluding carboxylic acids is 1. The van der Waals surface area contributed by atoms with Gasteiger partial charge in [0.15, 0.2) is 0 Å². The van der Waals surface area contributed by atoms with Crippen LogP contribution in [0.1, 0.15) is 13.8 Å². The average Bonchev–Trinajstić information content (AvgIpc) is 2.36. The van der Waals surface area contributed by atoms with Crippen molar-refractivity contribution in [2.24, 2.45) is 0 Å². The van der Waals surface area contributed by atoms with Gasteiger partial charge in [-0.3, -0.25) is 0 Å². The fraction of sp³-hybridized carbons (Fsp3) is 0.625. The molecule has 0 aliphatic carbocycles. The smallest absolute Gasteiger partial charge is 0.333 e. The molecule has 4 heteroatoms. The molecule has 0 amide bonds. The second kappa shape index (κ2) is 4.40. The quantitative estimate of drug-likeness (QED) is 0.519. The van der Waals surface area contributed by atoms with Crippen LogP contribution in [0, 0.1) is 0 Å². The molecular weight excluding hydrogens is 174 g/mol. The van der Waals surface area contributed by atoms with Crippen molar-refractivity contribution < 1.29 is 9.53 Å². The third kappa shape index (κ3) is 2.77. The molecule has 1 heterocycles. The molecule has 1 atom stereocenters. The molecule has 0 aromatic heterocycles. The summed E-state index contributed by atoms with van der Waals surface area (Å²) >= 11 is 1.65. The highest BCUT2D eigenvalue weighted by Crippen LogP contribution is 2.21. The van der Waals surface area contributed by atoms with Crippen molar-refractivity contribution in [3.05, 3.63) is 11.1 Å².